The van der Waals surface area contributed by atoms with Crippen LogP contribution >= 0.6 is 0 Å². The molecule has 0 saturated carbocycles. The Morgan fingerprint density at radius 2 is 1.83 bits per heavy atom. The van der Waals surface area contributed by atoms with Gasteiger partial charge in [-0.05, 0) is 25.0 Å². The molecule has 156 valence electrons. The Morgan fingerprint density at radius 1 is 1.14 bits per heavy atom. The van der Waals surface area contributed by atoms with Crippen molar-refractivity contribution in [1.82, 2.24) is 10.2 Å². The molecule has 2 atom stereocenters. The van der Waals surface area contributed by atoms with Gasteiger partial charge < -0.3 is 24.1 Å². The first kappa shape index (κ1) is 20.9. The smallest absolute Gasteiger partial charge is 0.214 e. The Bertz CT molecular complexity index is 880. The Morgan fingerprint density at radius 3 is 2.38 bits per heavy atom. The SMILES string of the molecule is COc1cc(C(=O)c2n[nH]c3c2C=CC(OC)C3CCCO)cc(OC)c1OC. The highest BCUT2D eigenvalue weighted by Gasteiger charge is 2.32. The first-order chi connectivity index (χ1) is 14.1. The van der Waals surface area contributed by atoms with Gasteiger partial charge in [0.2, 0.25) is 11.5 Å². The molecular formula is C21H26N2O6. The standard InChI is InChI=1S/C21H26N2O6/c1-26-15-8-7-14-18(13(15)6-5-9-24)22-23-19(14)20(25)12-10-16(27-2)21(29-4)17(11-12)28-3/h7-8,10-11,13,15,24H,5-6,9H2,1-4H3,(H,22,23). The van der Waals surface area contributed by atoms with Crippen LogP contribution < -0.4 is 14.2 Å². The monoisotopic (exact) mass is 402 g/mol. The number of aliphatic hydroxyl groups is 1. The van der Waals surface area contributed by atoms with Crippen molar-refractivity contribution < 1.29 is 28.8 Å². The molecule has 0 aliphatic heterocycles. The molecule has 3 rings (SSSR count). The van der Waals surface area contributed by atoms with E-state index < -0.39 is 0 Å². The predicted octanol–water partition coefficient (Wildman–Crippen LogP) is 2.56. The van der Waals surface area contributed by atoms with E-state index in [0.717, 1.165) is 11.3 Å². The molecule has 2 N–H and O–H groups in total. The maximum absolute atomic E-state index is 13.2. The molecule has 0 amide bonds. The fourth-order valence-electron chi connectivity index (χ4n) is 3.69. The van der Waals surface area contributed by atoms with Gasteiger partial charge in [0.05, 0.1) is 27.4 Å². The summed E-state index contributed by atoms with van der Waals surface area (Å²) in [7, 11) is 6.16. The van der Waals surface area contributed by atoms with E-state index in [-0.39, 0.29) is 24.4 Å². The van der Waals surface area contributed by atoms with Crippen molar-refractivity contribution >= 4 is 11.9 Å². The Kier molecular flexibility index (Phi) is 6.56. The van der Waals surface area contributed by atoms with Crippen LogP contribution in [0.25, 0.3) is 6.08 Å². The number of aromatic nitrogens is 2. The number of ketones is 1. The summed E-state index contributed by atoms with van der Waals surface area (Å²) in [6.07, 6.45) is 4.98. The normalized spacial score (nSPS) is 17.7. The number of hydrogen-bond acceptors (Lipinski definition) is 7. The van der Waals surface area contributed by atoms with Gasteiger partial charge in [-0.2, -0.15) is 5.10 Å². The second kappa shape index (κ2) is 9.11. The Labute approximate surface area is 169 Å². The van der Waals surface area contributed by atoms with Gasteiger partial charge in [0.1, 0.15) is 5.69 Å². The van der Waals surface area contributed by atoms with Crippen LogP contribution in [0.3, 0.4) is 0 Å². The molecule has 0 bridgehead atoms. The number of carbonyl (C=O) groups is 1. The third-order valence-corrected chi connectivity index (χ3v) is 5.14. The lowest BCUT2D eigenvalue weighted by molar-refractivity contribution is 0.103. The second-order valence-corrected chi connectivity index (χ2v) is 6.67. The van der Waals surface area contributed by atoms with E-state index in [4.69, 9.17) is 18.9 Å². The minimum atomic E-state index is -0.261. The second-order valence-electron chi connectivity index (χ2n) is 6.67. The molecule has 0 radical (unpaired) electrons. The predicted molar refractivity (Wildman–Crippen MR) is 107 cm³/mol. The lowest BCUT2D eigenvalue weighted by Gasteiger charge is -2.26. The zero-order valence-electron chi connectivity index (χ0n) is 17.0. The van der Waals surface area contributed by atoms with Gasteiger partial charge in [0.25, 0.3) is 0 Å². The van der Waals surface area contributed by atoms with Gasteiger partial charge in [0.15, 0.2) is 11.5 Å². The average Bonchev–Trinajstić information content (AvgIpc) is 3.19. The van der Waals surface area contributed by atoms with Crippen LogP contribution in [0.5, 0.6) is 17.2 Å². The third kappa shape index (κ3) is 3.86. The number of methoxy groups -OCH3 is 4. The molecule has 0 saturated heterocycles. The summed E-state index contributed by atoms with van der Waals surface area (Å²) in [5, 5.41) is 16.5. The van der Waals surface area contributed by atoms with Crippen LogP contribution in [0.4, 0.5) is 0 Å². The number of benzene rings is 1. The highest BCUT2D eigenvalue weighted by atomic mass is 16.5. The van der Waals surface area contributed by atoms with E-state index in [1.165, 1.54) is 21.3 Å². The van der Waals surface area contributed by atoms with E-state index in [0.29, 0.717) is 41.3 Å². The summed E-state index contributed by atoms with van der Waals surface area (Å²) in [6, 6.07) is 3.22. The largest absolute Gasteiger partial charge is 0.493 e. The number of nitrogens with zero attached hydrogens (tertiary/aromatic N) is 1. The lowest BCUT2D eigenvalue weighted by atomic mass is 9.85. The highest BCUT2D eigenvalue weighted by molar-refractivity contribution is 6.10. The van der Waals surface area contributed by atoms with Gasteiger partial charge >= 0.3 is 0 Å². The van der Waals surface area contributed by atoms with Crippen LogP contribution in [-0.4, -0.2) is 62.2 Å². The third-order valence-electron chi connectivity index (χ3n) is 5.14. The van der Waals surface area contributed by atoms with Crippen LogP contribution in [0.15, 0.2) is 18.2 Å². The minimum absolute atomic E-state index is 0.0128. The van der Waals surface area contributed by atoms with E-state index in [1.807, 2.05) is 12.2 Å². The van der Waals surface area contributed by atoms with Gasteiger partial charge in [0, 0.05) is 36.5 Å². The first-order valence-corrected chi connectivity index (χ1v) is 9.34. The molecule has 0 fully saturated rings. The van der Waals surface area contributed by atoms with E-state index in [1.54, 1.807) is 19.2 Å². The van der Waals surface area contributed by atoms with Gasteiger partial charge in [-0.15, -0.1) is 0 Å². The summed E-state index contributed by atoms with van der Waals surface area (Å²) in [4.78, 5) is 13.2. The number of ether oxygens (including phenoxy) is 4. The molecule has 0 spiro atoms. The number of carbonyl (C=O) groups excluding carboxylic acids is 1. The van der Waals surface area contributed by atoms with Gasteiger partial charge in [-0.25, -0.2) is 0 Å². The summed E-state index contributed by atoms with van der Waals surface area (Å²) >= 11 is 0. The fourth-order valence-corrected chi connectivity index (χ4v) is 3.69. The number of aromatic amines is 1. The van der Waals surface area contributed by atoms with Crippen molar-refractivity contribution in [2.45, 2.75) is 24.9 Å². The van der Waals surface area contributed by atoms with E-state index >= 15 is 0 Å². The summed E-state index contributed by atoms with van der Waals surface area (Å²) in [6.45, 7) is 0.0946. The van der Waals surface area contributed by atoms with Crippen LogP contribution in [-0.2, 0) is 4.74 Å². The van der Waals surface area contributed by atoms with Crippen molar-refractivity contribution in [3.63, 3.8) is 0 Å². The quantitative estimate of drug-likeness (QED) is 0.622. The molecule has 2 aromatic rings. The van der Waals surface area contributed by atoms with E-state index in [9.17, 15) is 9.90 Å². The number of nitrogens with one attached hydrogen (secondary N) is 1. The number of aliphatic hydroxyl groups excluding tert-OH is 1. The zero-order chi connectivity index (χ0) is 21.0. The van der Waals surface area contributed by atoms with Crippen molar-refractivity contribution in [3.8, 4) is 17.2 Å². The van der Waals surface area contributed by atoms with Crippen LogP contribution in [0.2, 0.25) is 0 Å². The van der Waals surface area contributed by atoms with Crippen molar-refractivity contribution in [3.05, 3.63) is 40.7 Å². The summed E-state index contributed by atoms with van der Waals surface area (Å²) < 4.78 is 21.6. The molecule has 2 unspecified atom stereocenters. The number of rotatable bonds is 9. The molecule has 1 aliphatic rings. The van der Waals surface area contributed by atoms with Crippen LogP contribution in [0, 0.1) is 0 Å². The number of fused-ring (bicyclic) bond motifs is 1. The molecule has 29 heavy (non-hydrogen) atoms. The first-order valence-electron chi connectivity index (χ1n) is 9.34. The molecule has 1 aromatic heterocycles. The van der Waals surface area contributed by atoms with E-state index in [2.05, 4.69) is 10.2 Å². The molecule has 1 heterocycles. The summed E-state index contributed by atoms with van der Waals surface area (Å²) in [5.41, 5.74) is 2.26. The van der Waals surface area contributed by atoms with Crippen molar-refractivity contribution in [2.24, 2.45) is 0 Å². The Balaban J connectivity index is 2.01. The van der Waals surface area contributed by atoms with Gasteiger partial charge in [-0.1, -0.05) is 12.2 Å². The Hall–Kier alpha value is -2.84. The number of hydrogen-bond donors (Lipinski definition) is 2. The molecule has 8 nitrogen and oxygen atoms in total. The van der Waals surface area contributed by atoms with Crippen molar-refractivity contribution in [1.29, 1.82) is 0 Å². The molecule has 1 aliphatic carbocycles. The zero-order valence-corrected chi connectivity index (χ0v) is 17.0. The summed E-state index contributed by atoms with van der Waals surface area (Å²) in [5.74, 6) is 0.942. The lowest BCUT2D eigenvalue weighted by Crippen LogP contribution is -2.23. The van der Waals surface area contributed by atoms with Crippen LogP contribution in [0.1, 0.15) is 46.1 Å². The molecular weight excluding hydrogens is 376 g/mol. The number of H-pyrrole nitrogens is 1. The average molecular weight is 402 g/mol. The molecule has 1 aromatic carbocycles. The molecule has 8 heteroatoms. The van der Waals surface area contributed by atoms with Crippen molar-refractivity contribution in [2.75, 3.05) is 35.0 Å². The highest BCUT2D eigenvalue weighted by Crippen LogP contribution is 2.40. The van der Waals surface area contributed by atoms with Gasteiger partial charge in [-0.3, -0.25) is 9.89 Å². The topological polar surface area (TPSA) is 103 Å². The maximum Gasteiger partial charge on any atom is 0.214 e. The fraction of sp³-hybridized carbons (Fsp3) is 0.429. The maximum atomic E-state index is 13.2. The minimum Gasteiger partial charge on any atom is -0.493 e.